The number of hydrogen-bond donors (Lipinski definition) is 3. The molecule has 0 bridgehead atoms. The maximum absolute atomic E-state index is 14.8. The number of carboxylic acids is 1. The van der Waals surface area contributed by atoms with E-state index in [4.69, 9.17) is 15.0 Å². The van der Waals surface area contributed by atoms with Crippen molar-refractivity contribution in [2.75, 3.05) is 23.8 Å². The first-order valence-electron chi connectivity index (χ1n) is 12.7. The predicted octanol–water partition coefficient (Wildman–Crippen LogP) is 4.00. The van der Waals surface area contributed by atoms with Gasteiger partial charge in [-0.25, -0.2) is 18.7 Å². The molecule has 0 radical (unpaired) electrons. The normalized spacial score (nSPS) is 14.2. The van der Waals surface area contributed by atoms with Gasteiger partial charge in [-0.3, -0.25) is 14.6 Å². The van der Waals surface area contributed by atoms with Crippen LogP contribution < -0.4 is 15.5 Å². The second-order valence-corrected chi connectivity index (χ2v) is 9.52. The van der Waals surface area contributed by atoms with Crippen molar-refractivity contribution >= 4 is 41.0 Å². The largest absolute Gasteiger partial charge is 0.490 e. The Bertz CT molecular complexity index is 1700. The van der Waals surface area contributed by atoms with Crippen LogP contribution in [0.1, 0.15) is 39.3 Å². The van der Waals surface area contributed by atoms with Crippen LogP contribution in [0.25, 0.3) is 16.9 Å². The molecular weight excluding hydrogens is 562 g/mol. The second kappa shape index (κ2) is 11.1. The number of carbonyl (C=O) groups is 3. The smallest absolute Gasteiger partial charge is 0.475 e. The molecule has 0 spiro atoms. The predicted molar refractivity (Wildman–Crippen MR) is 142 cm³/mol. The summed E-state index contributed by atoms with van der Waals surface area (Å²) < 4.78 is 48.1. The first-order chi connectivity index (χ1) is 20.0. The summed E-state index contributed by atoms with van der Waals surface area (Å²) >= 11 is 0. The Balaban J connectivity index is 0.000000451. The average molecular weight is 586 g/mol. The van der Waals surface area contributed by atoms with Crippen molar-refractivity contribution in [2.45, 2.75) is 31.5 Å². The van der Waals surface area contributed by atoms with E-state index in [0.29, 0.717) is 42.0 Å². The van der Waals surface area contributed by atoms with Crippen molar-refractivity contribution in [3.63, 3.8) is 0 Å². The van der Waals surface area contributed by atoms with Gasteiger partial charge in [0.1, 0.15) is 11.5 Å². The van der Waals surface area contributed by atoms with Crippen LogP contribution in [-0.2, 0) is 11.2 Å². The highest BCUT2D eigenvalue weighted by Crippen LogP contribution is 2.40. The number of nitrogens with one attached hydrogen (secondary N) is 2. The van der Waals surface area contributed by atoms with E-state index in [1.807, 2.05) is 29.2 Å². The number of pyridine rings is 1. The third kappa shape index (κ3) is 5.57. The van der Waals surface area contributed by atoms with Crippen LogP contribution >= 0.6 is 0 Å². The molecule has 1 amide bonds. The Morgan fingerprint density at radius 3 is 2.50 bits per heavy atom. The van der Waals surface area contributed by atoms with Crippen molar-refractivity contribution in [3.8, 4) is 11.3 Å². The maximum Gasteiger partial charge on any atom is 0.490 e. The van der Waals surface area contributed by atoms with Crippen molar-refractivity contribution in [2.24, 2.45) is 0 Å². The highest BCUT2D eigenvalue weighted by Gasteiger charge is 2.38. The van der Waals surface area contributed by atoms with E-state index < -0.39 is 18.0 Å². The molecule has 15 heteroatoms. The molecule has 1 aliphatic carbocycles. The third-order valence-corrected chi connectivity index (χ3v) is 6.67. The van der Waals surface area contributed by atoms with Crippen molar-refractivity contribution in [3.05, 3.63) is 65.4 Å². The molecular formula is C27H23F4N7O4. The number of rotatable bonds is 6. The number of aromatic nitrogens is 4. The van der Waals surface area contributed by atoms with Crippen LogP contribution in [0.15, 0.2) is 42.7 Å². The molecule has 4 heterocycles. The molecule has 218 valence electrons. The van der Waals surface area contributed by atoms with Gasteiger partial charge >= 0.3 is 12.1 Å². The Morgan fingerprint density at radius 2 is 1.88 bits per heavy atom. The molecule has 11 nitrogen and oxygen atoms in total. The summed E-state index contributed by atoms with van der Waals surface area (Å²) in [5, 5.41) is 18.0. The number of nitrogens with zero attached hydrogens (tertiary/aromatic N) is 5. The fraction of sp³-hybridized carbons (Fsp3) is 0.259. The summed E-state index contributed by atoms with van der Waals surface area (Å²) in [5.74, 6) is -2.85. The number of benzene rings is 1. The van der Waals surface area contributed by atoms with Gasteiger partial charge < -0.3 is 20.6 Å². The monoisotopic (exact) mass is 585 g/mol. The van der Waals surface area contributed by atoms with Gasteiger partial charge in [-0.15, -0.1) is 5.10 Å². The number of aldehydes is 1. The first-order valence-corrected chi connectivity index (χ1v) is 12.7. The molecule has 1 aliphatic heterocycles. The van der Waals surface area contributed by atoms with Gasteiger partial charge in [0.2, 0.25) is 0 Å². The fourth-order valence-electron chi connectivity index (χ4n) is 4.52. The van der Waals surface area contributed by atoms with Crippen molar-refractivity contribution < 1.29 is 37.1 Å². The van der Waals surface area contributed by atoms with E-state index >= 15 is 0 Å². The second-order valence-electron chi connectivity index (χ2n) is 9.52. The number of carboxylic acid groups (broad SMARTS) is 1. The van der Waals surface area contributed by atoms with Crippen LogP contribution in [-0.4, -0.2) is 68.7 Å². The van der Waals surface area contributed by atoms with Gasteiger partial charge in [0.15, 0.2) is 23.4 Å². The summed E-state index contributed by atoms with van der Waals surface area (Å²) in [6, 6.07) is 8.96. The zero-order valence-corrected chi connectivity index (χ0v) is 21.9. The van der Waals surface area contributed by atoms with Crippen molar-refractivity contribution in [1.29, 1.82) is 0 Å². The molecule has 4 aromatic rings. The molecule has 0 atom stereocenters. The minimum absolute atomic E-state index is 0.194. The number of fused-ring (bicyclic) bond motifs is 2. The first kappa shape index (κ1) is 28.4. The molecule has 42 heavy (non-hydrogen) atoms. The fourth-order valence-corrected chi connectivity index (χ4v) is 4.52. The Labute approximate surface area is 235 Å². The Morgan fingerprint density at radius 1 is 1.14 bits per heavy atom. The maximum atomic E-state index is 14.8. The average Bonchev–Trinajstić information content (AvgIpc) is 3.49. The number of anilines is 3. The lowest BCUT2D eigenvalue weighted by molar-refractivity contribution is -0.192. The van der Waals surface area contributed by atoms with Crippen LogP contribution in [0.3, 0.4) is 0 Å². The van der Waals surface area contributed by atoms with Gasteiger partial charge in [0.25, 0.3) is 5.91 Å². The minimum Gasteiger partial charge on any atom is -0.475 e. The van der Waals surface area contributed by atoms with Crippen LogP contribution in [0.4, 0.5) is 34.8 Å². The van der Waals surface area contributed by atoms with Crippen LogP contribution in [0.5, 0.6) is 0 Å². The van der Waals surface area contributed by atoms with Crippen molar-refractivity contribution in [1.82, 2.24) is 24.9 Å². The SMILES string of the molecule is CNc1cc(N2CCc3c(-c4ncc(C=O)cc4F)cccc32)nn2c(C(=O)NC3CC3)cnc12.O=C(O)C(F)(F)F. The van der Waals surface area contributed by atoms with Gasteiger partial charge in [0, 0.05) is 48.7 Å². The Kier molecular flexibility index (Phi) is 7.49. The van der Waals surface area contributed by atoms with E-state index in [2.05, 4.69) is 20.6 Å². The number of aliphatic carboxylic acids is 1. The summed E-state index contributed by atoms with van der Waals surface area (Å²) in [7, 11) is 1.80. The highest BCUT2D eigenvalue weighted by molar-refractivity contribution is 5.94. The van der Waals surface area contributed by atoms with Gasteiger partial charge in [-0.1, -0.05) is 12.1 Å². The number of amides is 1. The van der Waals surface area contributed by atoms with E-state index in [0.717, 1.165) is 29.8 Å². The third-order valence-electron chi connectivity index (χ3n) is 6.67. The number of halogens is 4. The van der Waals surface area contributed by atoms with Gasteiger partial charge in [-0.05, 0) is 37.0 Å². The molecule has 1 saturated carbocycles. The number of alkyl halides is 3. The van der Waals surface area contributed by atoms with E-state index in [-0.39, 0.29) is 23.2 Å². The molecule has 2 aliphatic rings. The topological polar surface area (TPSA) is 142 Å². The van der Waals surface area contributed by atoms with Gasteiger partial charge in [-0.2, -0.15) is 13.2 Å². The standard InChI is InChI=1S/C25H22FN7O2.C2HF3O2/c1-27-19-10-22(31-33-21(12-29-24(19)33)25(35)30-15-5-6-15)32-8-7-16-17(3-2-4-20(16)32)23-18(26)9-14(13-34)11-28-23;3-2(4,5)1(6)7/h2-4,9-13,15,27H,5-8H2,1H3,(H,30,35);(H,6,7). The number of imidazole rings is 1. The summed E-state index contributed by atoms with van der Waals surface area (Å²) in [4.78, 5) is 43.3. The molecule has 0 unspecified atom stereocenters. The highest BCUT2D eigenvalue weighted by atomic mass is 19.4. The van der Waals surface area contributed by atoms with E-state index in [1.165, 1.54) is 18.5 Å². The lowest BCUT2D eigenvalue weighted by atomic mass is 10.0. The lowest BCUT2D eigenvalue weighted by Crippen LogP contribution is -2.27. The quantitative estimate of drug-likeness (QED) is 0.226. The molecule has 3 N–H and O–H groups in total. The van der Waals surface area contributed by atoms with E-state index in [1.54, 1.807) is 11.6 Å². The number of carbonyl (C=O) groups excluding carboxylic acids is 2. The zero-order valence-electron chi connectivity index (χ0n) is 21.9. The van der Waals surface area contributed by atoms with Gasteiger partial charge in [0.05, 0.1) is 11.9 Å². The Hall–Kier alpha value is -5.08. The molecule has 6 rings (SSSR count). The lowest BCUT2D eigenvalue weighted by Gasteiger charge is -2.20. The summed E-state index contributed by atoms with van der Waals surface area (Å²) in [6.07, 6.45) is 1.05. The molecule has 0 saturated heterocycles. The molecule has 1 aromatic carbocycles. The van der Waals surface area contributed by atoms with Crippen LogP contribution in [0, 0.1) is 5.82 Å². The molecule has 3 aromatic heterocycles. The summed E-state index contributed by atoms with van der Waals surface area (Å²) in [6.45, 7) is 0.625. The van der Waals surface area contributed by atoms with E-state index in [9.17, 15) is 27.2 Å². The minimum atomic E-state index is -5.08. The zero-order chi connectivity index (χ0) is 30.2. The van der Waals surface area contributed by atoms with Crippen LogP contribution in [0.2, 0.25) is 0 Å². The number of hydrogen-bond acceptors (Lipinski definition) is 8. The summed E-state index contributed by atoms with van der Waals surface area (Å²) in [5.41, 5.74) is 4.60. The molecule has 1 fully saturated rings.